The van der Waals surface area contributed by atoms with Gasteiger partial charge in [0.2, 0.25) is 5.91 Å². The van der Waals surface area contributed by atoms with E-state index in [1.54, 1.807) is 49.6 Å². The number of hydrogen-bond donors (Lipinski definition) is 1. The molecule has 0 aromatic heterocycles. The van der Waals surface area contributed by atoms with E-state index >= 15 is 0 Å². The van der Waals surface area contributed by atoms with Gasteiger partial charge >= 0.3 is 0 Å². The van der Waals surface area contributed by atoms with E-state index in [0.717, 1.165) is 21.2 Å². The van der Waals surface area contributed by atoms with E-state index in [2.05, 4.69) is 5.32 Å². The van der Waals surface area contributed by atoms with Gasteiger partial charge in [-0.25, -0.2) is 8.42 Å². The van der Waals surface area contributed by atoms with Crippen molar-refractivity contribution in [2.45, 2.75) is 31.2 Å². The second kappa shape index (κ2) is 12.5. The number of amides is 1. The van der Waals surface area contributed by atoms with Gasteiger partial charge in [0.15, 0.2) is 0 Å². The number of hydrogen-bond acceptors (Lipinski definition) is 5. The fourth-order valence-electron chi connectivity index (χ4n) is 4.25. The first-order valence-electron chi connectivity index (χ1n) is 12.7. The summed E-state index contributed by atoms with van der Waals surface area (Å²) in [6.45, 7) is 3.52. The number of nitrogens with one attached hydrogen (secondary N) is 1. The first kappa shape index (κ1) is 27.7. The van der Waals surface area contributed by atoms with Gasteiger partial charge in [0.05, 0.1) is 23.7 Å². The predicted octanol–water partition coefficient (Wildman–Crippen LogP) is 6.26. The summed E-state index contributed by atoms with van der Waals surface area (Å²) in [5.74, 6) is 1.56. The van der Waals surface area contributed by atoms with Crippen LogP contribution in [0.3, 0.4) is 0 Å². The number of nitrogens with zero attached hydrogens (tertiary/aromatic N) is 1. The van der Waals surface area contributed by atoms with E-state index in [1.807, 2.05) is 62.4 Å². The second-order valence-electron chi connectivity index (χ2n) is 8.99. The highest BCUT2D eigenvalue weighted by molar-refractivity contribution is 7.92. The molecule has 0 saturated carbocycles. The van der Waals surface area contributed by atoms with Crippen molar-refractivity contribution in [3.05, 3.63) is 114 Å². The Hall–Kier alpha value is -4.30. The van der Waals surface area contributed by atoms with Gasteiger partial charge in [-0.15, -0.1) is 0 Å². The maximum absolute atomic E-state index is 13.7. The summed E-state index contributed by atoms with van der Waals surface area (Å²) in [5.41, 5.74) is 2.22. The van der Waals surface area contributed by atoms with Gasteiger partial charge in [0.1, 0.15) is 23.8 Å². The molecule has 0 aliphatic rings. The number of para-hydroxylation sites is 1. The van der Waals surface area contributed by atoms with E-state index < -0.39 is 15.9 Å². The SMILES string of the molecule is CC[C@H](NC(=O)CN(c1ccc(Oc2ccccc2)cc1)S(=O)(=O)c1ccccc1)c1ccc(OC)c(C)c1. The monoisotopic (exact) mass is 544 g/mol. The predicted molar refractivity (Wildman–Crippen MR) is 153 cm³/mol. The van der Waals surface area contributed by atoms with Crippen LogP contribution in [0.25, 0.3) is 0 Å². The molecule has 1 N–H and O–H groups in total. The first-order valence-corrected chi connectivity index (χ1v) is 14.1. The molecule has 0 spiro atoms. The molecule has 4 rings (SSSR count). The zero-order valence-corrected chi connectivity index (χ0v) is 23.0. The highest BCUT2D eigenvalue weighted by atomic mass is 32.2. The molecule has 202 valence electrons. The summed E-state index contributed by atoms with van der Waals surface area (Å²) in [6, 6.07) is 29.5. The summed E-state index contributed by atoms with van der Waals surface area (Å²) in [5, 5.41) is 3.00. The van der Waals surface area contributed by atoms with Crippen LogP contribution < -0.4 is 19.1 Å². The van der Waals surface area contributed by atoms with Crippen LogP contribution in [0.1, 0.15) is 30.5 Å². The molecular formula is C31H32N2O5S. The summed E-state index contributed by atoms with van der Waals surface area (Å²) >= 11 is 0. The first-order chi connectivity index (χ1) is 18.8. The number of carbonyl (C=O) groups is 1. The Balaban J connectivity index is 1.59. The lowest BCUT2D eigenvalue weighted by Crippen LogP contribution is -2.42. The smallest absolute Gasteiger partial charge is 0.264 e. The van der Waals surface area contributed by atoms with Gasteiger partial charge in [-0.3, -0.25) is 9.10 Å². The minimum Gasteiger partial charge on any atom is -0.496 e. The Morgan fingerprint density at radius 2 is 1.49 bits per heavy atom. The molecular weight excluding hydrogens is 512 g/mol. The fraction of sp³-hybridized carbons (Fsp3) is 0.194. The maximum Gasteiger partial charge on any atom is 0.264 e. The second-order valence-corrected chi connectivity index (χ2v) is 10.9. The number of sulfonamides is 1. The van der Waals surface area contributed by atoms with Crippen molar-refractivity contribution >= 4 is 21.6 Å². The summed E-state index contributed by atoms with van der Waals surface area (Å²) in [7, 11) is -2.41. The summed E-state index contributed by atoms with van der Waals surface area (Å²) < 4.78 is 39.7. The lowest BCUT2D eigenvalue weighted by Gasteiger charge is -2.26. The fourth-order valence-corrected chi connectivity index (χ4v) is 5.69. The van der Waals surface area contributed by atoms with E-state index in [-0.39, 0.29) is 17.5 Å². The van der Waals surface area contributed by atoms with Crippen LogP contribution in [0.4, 0.5) is 5.69 Å². The number of benzene rings is 4. The molecule has 0 bridgehead atoms. The van der Waals surface area contributed by atoms with Crippen LogP contribution in [-0.2, 0) is 14.8 Å². The van der Waals surface area contributed by atoms with E-state index in [4.69, 9.17) is 9.47 Å². The topological polar surface area (TPSA) is 84.9 Å². The number of rotatable bonds is 11. The lowest BCUT2D eigenvalue weighted by atomic mass is 10.0. The van der Waals surface area contributed by atoms with Crippen LogP contribution in [0.2, 0.25) is 0 Å². The zero-order chi connectivity index (χ0) is 27.8. The number of ether oxygens (including phenoxy) is 2. The molecule has 7 nitrogen and oxygen atoms in total. The highest BCUT2D eigenvalue weighted by Crippen LogP contribution is 2.29. The van der Waals surface area contributed by atoms with Crippen molar-refractivity contribution in [3.8, 4) is 17.2 Å². The minimum atomic E-state index is -4.03. The molecule has 4 aromatic carbocycles. The van der Waals surface area contributed by atoms with E-state index in [1.165, 1.54) is 12.1 Å². The Bertz CT molecular complexity index is 1490. The molecule has 0 aliphatic carbocycles. The highest BCUT2D eigenvalue weighted by Gasteiger charge is 2.28. The molecule has 0 unspecified atom stereocenters. The molecule has 0 radical (unpaired) electrons. The quantitative estimate of drug-likeness (QED) is 0.241. The summed E-state index contributed by atoms with van der Waals surface area (Å²) in [4.78, 5) is 13.4. The molecule has 4 aromatic rings. The van der Waals surface area contributed by atoms with Crippen molar-refractivity contribution in [2.24, 2.45) is 0 Å². The Morgan fingerprint density at radius 3 is 2.08 bits per heavy atom. The van der Waals surface area contributed by atoms with Crippen molar-refractivity contribution in [3.63, 3.8) is 0 Å². The molecule has 0 fully saturated rings. The molecule has 0 aliphatic heterocycles. The van der Waals surface area contributed by atoms with Crippen LogP contribution in [0, 0.1) is 6.92 Å². The van der Waals surface area contributed by atoms with Crippen LogP contribution in [-0.4, -0.2) is 28.0 Å². The van der Waals surface area contributed by atoms with Gasteiger partial charge in [-0.05, 0) is 79.1 Å². The average Bonchev–Trinajstić information content (AvgIpc) is 2.96. The van der Waals surface area contributed by atoms with Crippen molar-refractivity contribution in [1.82, 2.24) is 5.32 Å². The van der Waals surface area contributed by atoms with E-state index in [9.17, 15) is 13.2 Å². The Labute approximate surface area is 230 Å². The third kappa shape index (κ3) is 6.78. The lowest BCUT2D eigenvalue weighted by molar-refractivity contribution is -0.120. The molecule has 0 heterocycles. The Morgan fingerprint density at radius 1 is 0.872 bits per heavy atom. The van der Waals surface area contributed by atoms with Crippen LogP contribution >= 0.6 is 0 Å². The van der Waals surface area contributed by atoms with Gasteiger partial charge in [-0.1, -0.05) is 55.5 Å². The van der Waals surface area contributed by atoms with Crippen molar-refractivity contribution in [1.29, 1.82) is 0 Å². The normalized spacial score (nSPS) is 11.9. The third-order valence-electron chi connectivity index (χ3n) is 6.29. The van der Waals surface area contributed by atoms with Crippen molar-refractivity contribution < 1.29 is 22.7 Å². The minimum absolute atomic E-state index is 0.0974. The van der Waals surface area contributed by atoms with Crippen molar-refractivity contribution in [2.75, 3.05) is 18.0 Å². The van der Waals surface area contributed by atoms with Gasteiger partial charge in [0.25, 0.3) is 10.0 Å². The molecule has 39 heavy (non-hydrogen) atoms. The maximum atomic E-state index is 13.7. The van der Waals surface area contributed by atoms with Gasteiger partial charge in [0, 0.05) is 0 Å². The number of methoxy groups -OCH3 is 1. The molecule has 0 saturated heterocycles. The van der Waals surface area contributed by atoms with E-state index in [0.29, 0.717) is 23.6 Å². The zero-order valence-electron chi connectivity index (χ0n) is 22.2. The standard InChI is InChI=1S/C31H32N2O5S/c1-4-29(24-15-20-30(37-3)23(2)21-24)32-31(34)22-33(39(35,36)28-13-9-6-10-14-28)25-16-18-27(19-17-25)38-26-11-7-5-8-12-26/h5-21,29H,4,22H2,1-3H3,(H,32,34)/t29-/m0/s1. The number of aryl methyl sites for hydroxylation is 1. The third-order valence-corrected chi connectivity index (χ3v) is 8.07. The van der Waals surface area contributed by atoms with Gasteiger partial charge in [-0.2, -0.15) is 0 Å². The summed E-state index contributed by atoms with van der Waals surface area (Å²) in [6.07, 6.45) is 0.633. The number of anilines is 1. The molecule has 8 heteroatoms. The van der Waals surface area contributed by atoms with Crippen LogP contribution in [0.5, 0.6) is 17.2 Å². The number of carbonyl (C=O) groups excluding carboxylic acids is 1. The Kier molecular flexibility index (Phi) is 8.88. The molecule has 1 atom stereocenters. The molecule has 1 amide bonds. The van der Waals surface area contributed by atoms with Crippen LogP contribution in [0.15, 0.2) is 108 Å². The largest absolute Gasteiger partial charge is 0.496 e. The average molecular weight is 545 g/mol. The van der Waals surface area contributed by atoms with Gasteiger partial charge < -0.3 is 14.8 Å².